The fourth-order valence-corrected chi connectivity index (χ4v) is 3.63. The molecule has 1 heterocycles. The highest BCUT2D eigenvalue weighted by Crippen LogP contribution is 2.20. The molecule has 1 fully saturated rings. The van der Waals surface area contributed by atoms with Gasteiger partial charge in [-0.3, -0.25) is 4.79 Å². The molecule has 2 N–H and O–H groups in total. The Kier molecular flexibility index (Phi) is 5.57. The average molecular weight is 305 g/mol. The number of carbonyl (C=O) groups is 1. The Labute approximate surface area is 122 Å². The molecule has 1 rings (SSSR count). The topological polar surface area (TPSA) is 83.7 Å². The maximum atomic E-state index is 12.3. The van der Waals surface area contributed by atoms with Crippen LogP contribution in [-0.4, -0.2) is 61.5 Å². The van der Waals surface area contributed by atoms with Crippen LogP contribution in [0.5, 0.6) is 0 Å². The minimum atomic E-state index is -3.17. The molecule has 1 aliphatic rings. The summed E-state index contributed by atoms with van der Waals surface area (Å²) in [6.07, 6.45) is 0.608. The van der Waals surface area contributed by atoms with Gasteiger partial charge in [0.1, 0.15) is 0 Å². The molecule has 1 amide bonds. The molecule has 0 aromatic carbocycles. The van der Waals surface area contributed by atoms with Crippen molar-refractivity contribution in [3.05, 3.63) is 0 Å². The van der Waals surface area contributed by atoms with Crippen molar-refractivity contribution < 1.29 is 13.2 Å². The Morgan fingerprint density at radius 2 is 1.70 bits per heavy atom. The minimum absolute atomic E-state index is 0.0926. The van der Waals surface area contributed by atoms with Crippen molar-refractivity contribution in [2.75, 3.05) is 31.9 Å². The SMILES string of the molecule is CCCS(=O)(=O)N1CCN(C(=O)[C@H](N)C(C)(C)C)CC1. The zero-order valence-corrected chi connectivity index (χ0v) is 13.7. The molecule has 6 nitrogen and oxygen atoms in total. The lowest BCUT2D eigenvalue weighted by Gasteiger charge is -2.37. The van der Waals surface area contributed by atoms with Crippen molar-refractivity contribution >= 4 is 15.9 Å². The summed E-state index contributed by atoms with van der Waals surface area (Å²) in [5.41, 5.74) is 5.68. The van der Waals surface area contributed by atoms with E-state index < -0.39 is 16.1 Å². The van der Waals surface area contributed by atoms with Crippen LogP contribution < -0.4 is 5.73 Å². The van der Waals surface area contributed by atoms with Crippen LogP contribution in [0.25, 0.3) is 0 Å². The first-order chi connectivity index (χ1) is 9.09. The summed E-state index contributed by atoms with van der Waals surface area (Å²) in [4.78, 5) is 13.9. The second kappa shape index (κ2) is 6.41. The fourth-order valence-electron chi connectivity index (χ4n) is 2.14. The van der Waals surface area contributed by atoms with Crippen LogP contribution in [0.3, 0.4) is 0 Å². The molecule has 1 aliphatic heterocycles. The van der Waals surface area contributed by atoms with Crippen molar-refractivity contribution in [1.82, 2.24) is 9.21 Å². The molecular formula is C13H27N3O3S. The molecular weight excluding hydrogens is 278 g/mol. The van der Waals surface area contributed by atoms with E-state index >= 15 is 0 Å². The number of amides is 1. The van der Waals surface area contributed by atoms with E-state index in [9.17, 15) is 13.2 Å². The molecule has 118 valence electrons. The molecule has 0 spiro atoms. The molecule has 1 atom stereocenters. The highest BCUT2D eigenvalue weighted by molar-refractivity contribution is 7.89. The molecule has 0 radical (unpaired) electrons. The van der Waals surface area contributed by atoms with Gasteiger partial charge in [0, 0.05) is 26.2 Å². The molecule has 1 saturated heterocycles. The van der Waals surface area contributed by atoms with Gasteiger partial charge in [0.15, 0.2) is 0 Å². The van der Waals surface area contributed by atoms with Crippen molar-refractivity contribution in [3.8, 4) is 0 Å². The lowest BCUT2D eigenvalue weighted by Crippen LogP contribution is -2.57. The summed E-state index contributed by atoms with van der Waals surface area (Å²) in [6.45, 7) is 9.21. The first kappa shape index (κ1) is 17.4. The molecule has 7 heteroatoms. The van der Waals surface area contributed by atoms with Gasteiger partial charge in [-0.15, -0.1) is 0 Å². The number of hydrogen-bond acceptors (Lipinski definition) is 4. The van der Waals surface area contributed by atoms with E-state index in [0.717, 1.165) is 0 Å². The molecule has 0 saturated carbocycles. The van der Waals surface area contributed by atoms with E-state index in [1.807, 2.05) is 27.7 Å². The lowest BCUT2D eigenvalue weighted by molar-refractivity contribution is -0.136. The predicted octanol–water partition coefficient (Wildman–Crippen LogP) is 0.244. The van der Waals surface area contributed by atoms with Crippen molar-refractivity contribution in [2.24, 2.45) is 11.1 Å². The van der Waals surface area contributed by atoms with Crippen LogP contribution in [-0.2, 0) is 14.8 Å². The number of nitrogens with two attached hydrogens (primary N) is 1. The van der Waals surface area contributed by atoms with Gasteiger partial charge in [-0.25, -0.2) is 8.42 Å². The number of piperazine rings is 1. The van der Waals surface area contributed by atoms with Crippen LogP contribution in [0.1, 0.15) is 34.1 Å². The number of hydrogen-bond donors (Lipinski definition) is 1. The number of sulfonamides is 1. The van der Waals surface area contributed by atoms with Crippen molar-refractivity contribution in [2.45, 2.75) is 40.2 Å². The van der Waals surface area contributed by atoms with Gasteiger partial charge in [0.25, 0.3) is 0 Å². The summed E-state index contributed by atoms with van der Waals surface area (Å²) in [5, 5.41) is 0. The minimum Gasteiger partial charge on any atom is -0.339 e. The van der Waals surface area contributed by atoms with Crippen LogP contribution in [0.2, 0.25) is 0 Å². The van der Waals surface area contributed by atoms with Crippen LogP contribution in [0, 0.1) is 5.41 Å². The van der Waals surface area contributed by atoms with E-state index in [1.54, 1.807) is 4.90 Å². The number of nitrogens with zero attached hydrogens (tertiary/aromatic N) is 2. The summed E-state index contributed by atoms with van der Waals surface area (Å²) < 4.78 is 25.4. The van der Waals surface area contributed by atoms with Gasteiger partial charge in [0.05, 0.1) is 11.8 Å². The third-order valence-electron chi connectivity index (χ3n) is 3.60. The van der Waals surface area contributed by atoms with Crippen LogP contribution in [0.15, 0.2) is 0 Å². The van der Waals surface area contributed by atoms with E-state index in [1.165, 1.54) is 4.31 Å². The third kappa shape index (κ3) is 4.17. The Morgan fingerprint density at radius 3 is 2.10 bits per heavy atom. The maximum Gasteiger partial charge on any atom is 0.240 e. The Morgan fingerprint density at radius 1 is 1.20 bits per heavy atom. The van der Waals surface area contributed by atoms with Gasteiger partial charge >= 0.3 is 0 Å². The Bertz CT molecular complexity index is 434. The standard InChI is InChI=1S/C13H27N3O3S/c1-5-10-20(18,19)16-8-6-15(7-9-16)12(17)11(14)13(2,3)4/h11H,5-10,14H2,1-4H3/t11-/m0/s1. The van der Waals surface area contributed by atoms with E-state index in [0.29, 0.717) is 32.6 Å². The maximum absolute atomic E-state index is 12.3. The van der Waals surface area contributed by atoms with Crippen molar-refractivity contribution in [3.63, 3.8) is 0 Å². The van der Waals surface area contributed by atoms with E-state index in [2.05, 4.69) is 0 Å². The van der Waals surface area contributed by atoms with Gasteiger partial charge in [-0.2, -0.15) is 4.31 Å². The summed E-state index contributed by atoms with van der Waals surface area (Å²) >= 11 is 0. The molecule has 20 heavy (non-hydrogen) atoms. The van der Waals surface area contributed by atoms with Gasteiger partial charge in [-0.1, -0.05) is 27.7 Å². The molecule has 0 bridgehead atoms. The molecule has 0 unspecified atom stereocenters. The van der Waals surface area contributed by atoms with Gasteiger partial charge < -0.3 is 10.6 Å². The van der Waals surface area contributed by atoms with E-state index in [-0.39, 0.29) is 17.1 Å². The normalized spacial score (nSPS) is 19.9. The summed E-state index contributed by atoms with van der Waals surface area (Å²) in [7, 11) is -3.17. The highest BCUT2D eigenvalue weighted by atomic mass is 32.2. The highest BCUT2D eigenvalue weighted by Gasteiger charge is 2.34. The summed E-state index contributed by atoms with van der Waals surface area (Å²) in [5.74, 6) is 0.0765. The van der Waals surface area contributed by atoms with Gasteiger partial charge in [-0.05, 0) is 11.8 Å². The Hall–Kier alpha value is -0.660. The molecule has 0 aliphatic carbocycles. The monoisotopic (exact) mass is 305 g/mol. The smallest absolute Gasteiger partial charge is 0.240 e. The van der Waals surface area contributed by atoms with Crippen molar-refractivity contribution in [1.29, 1.82) is 0 Å². The van der Waals surface area contributed by atoms with Crippen LogP contribution >= 0.6 is 0 Å². The predicted molar refractivity (Wildman–Crippen MR) is 79.7 cm³/mol. The largest absolute Gasteiger partial charge is 0.339 e. The first-order valence-electron chi connectivity index (χ1n) is 7.12. The second-order valence-electron chi connectivity index (χ2n) is 6.38. The number of rotatable bonds is 4. The first-order valence-corrected chi connectivity index (χ1v) is 8.72. The molecule has 0 aromatic rings. The summed E-state index contributed by atoms with van der Waals surface area (Å²) in [6, 6.07) is -0.554. The quantitative estimate of drug-likeness (QED) is 0.806. The van der Waals surface area contributed by atoms with Gasteiger partial charge in [0.2, 0.25) is 15.9 Å². The van der Waals surface area contributed by atoms with E-state index in [4.69, 9.17) is 5.73 Å². The zero-order chi connectivity index (χ0) is 15.6. The second-order valence-corrected chi connectivity index (χ2v) is 8.47. The average Bonchev–Trinajstić information content (AvgIpc) is 2.36. The lowest BCUT2D eigenvalue weighted by atomic mass is 9.86. The third-order valence-corrected chi connectivity index (χ3v) is 5.68. The number of carbonyl (C=O) groups excluding carboxylic acids is 1. The zero-order valence-electron chi connectivity index (χ0n) is 12.9. The fraction of sp³-hybridized carbons (Fsp3) is 0.923. The van der Waals surface area contributed by atoms with Crippen LogP contribution in [0.4, 0.5) is 0 Å². The Balaban J connectivity index is 2.61. The molecule has 0 aromatic heterocycles.